The molecule has 0 spiro atoms. The van der Waals surface area contributed by atoms with Gasteiger partial charge in [0.1, 0.15) is 0 Å². The van der Waals surface area contributed by atoms with E-state index in [4.69, 9.17) is 5.11 Å². The lowest BCUT2D eigenvalue weighted by atomic mass is 10.1. The summed E-state index contributed by atoms with van der Waals surface area (Å²) in [6, 6.07) is 2.25. The Labute approximate surface area is 119 Å². The second kappa shape index (κ2) is 6.81. The number of aliphatic carboxylic acids is 1. The minimum Gasteiger partial charge on any atom is -0.479 e. The molecular formula is C12H16N2O3S2. The number of carbonyl (C=O) groups is 2. The zero-order valence-electron chi connectivity index (χ0n) is 10.3. The SMILES string of the molecule is O=C(NC1CCSCC1)NC(C(=O)O)c1cccs1. The smallest absolute Gasteiger partial charge is 0.331 e. The molecule has 0 bridgehead atoms. The quantitative estimate of drug-likeness (QED) is 0.795. The fourth-order valence-electron chi connectivity index (χ4n) is 1.91. The van der Waals surface area contributed by atoms with Crippen molar-refractivity contribution in [3.05, 3.63) is 22.4 Å². The first-order valence-electron chi connectivity index (χ1n) is 6.08. The summed E-state index contributed by atoms with van der Waals surface area (Å²) >= 11 is 3.20. The first-order chi connectivity index (χ1) is 9.16. The molecule has 1 aromatic rings. The van der Waals surface area contributed by atoms with Gasteiger partial charge in [-0.3, -0.25) is 0 Å². The highest BCUT2D eigenvalue weighted by Crippen LogP contribution is 2.20. The van der Waals surface area contributed by atoms with Crippen LogP contribution < -0.4 is 10.6 Å². The molecule has 0 saturated carbocycles. The largest absolute Gasteiger partial charge is 0.479 e. The van der Waals surface area contributed by atoms with Gasteiger partial charge in [0.25, 0.3) is 0 Å². The van der Waals surface area contributed by atoms with Crippen LogP contribution in [-0.4, -0.2) is 34.7 Å². The molecule has 1 aliphatic rings. The molecule has 2 heterocycles. The number of nitrogens with one attached hydrogen (secondary N) is 2. The summed E-state index contributed by atoms with van der Waals surface area (Å²) in [6.45, 7) is 0. The summed E-state index contributed by atoms with van der Waals surface area (Å²) in [6.07, 6.45) is 1.88. The van der Waals surface area contributed by atoms with Crippen molar-refractivity contribution in [2.45, 2.75) is 24.9 Å². The van der Waals surface area contributed by atoms with E-state index in [1.165, 1.54) is 11.3 Å². The average molecular weight is 300 g/mol. The third kappa shape index (κ3) is 4.14. The Balaban J connectivity index is 1.90. The molecule has 2 rings (SSSR count). The van der Waals surface area contributed by atoms with Crippen LogP contribution >= 0.6 is 23.1 Å². The molecule has 2 amide bonds. The Bertz CT molecular complexity index is 430. The van der Waals surface area contributed by atoms with E-state index in [9.17, 15) is 9.59 Å². The number of thioether (sulfide) groups is 1. The maximum atomic E-state index is 11.8. The molecule has 19 heavy (non-hydrogen) atoms. The first kappa shape index (κ1) is 14.2. The zero-order valence-corrected chi connectivity index (χ0v) is 11.9. The van der Waals surface area contributed by atoms with Gasteiger partial charge in [0.05, 0.1) is 0 Å². The number of hydrogen-bond donors (Lipinski definition) is 3. The van der Waals surface area contributed by atoms with Crippen LogP contribution in [0.1, 0.15) is 23.8 Å². The standard InChI is InChI=1S/C12H16N2O3S2/c15-11(16)10(9-2-1-5-19-9)14-12(17)13-8-3-6-18-7-4-8/h1-2,5,8,10H,3-4,6-7H2,(H,15,16)(H2,13,14,17). The van der Waals surface area contributed by atoms with E-state index in [0.717, 1.165) is 24.3 Å². The van der Waals surface area contributed by atoms with Crippen LogP contribution in [0.15, 0.2) is 17.5 Å². The van der Waals surface area contributed by atoms with Gasteiger partial charge in [0, 0.05) is 10.9 Å². The van der Waals surface area contributed by atoms with Crippen molar-refractivity contribution in [3.8, 4) is 0 Å². The molecular weight excluding hydrogens is 284 g/mol. The van der Waals surface area contributed by atoms with E-state index in [-0.39, 0.29) is 6.04 Å². The Morgan fingerprint density at radius 2 is 2.11 bits per heavy atom. The zero-order chi connectivity index (χ0) is 13.7. The Hall–Kier alpha value is -1.21. The Morgan fingerprint density at radius 1 is 1.37 bits per heavy atom. The topological polar surface area (TPSA) is 78.4 Å². The van der Waals surface area contributed by atoms with Gasteiger partial charge in [-0.1, -0.05) is 6.07 Å². The number of carboxylic acid groups (broad SMARTS) is 1. The second-order valence-electron chi connectivity index (χ2n) is 4.29. The number of amides is 2. The van der Waals surface area contributed by atoms with Gasteiger partial charge in [0.2, 0.25) is 0 Å². The van der Waals surface area contributed by atoms with Gasteiger partial charge >= 0.3 is 12.0 Å². The third-order valence-corrected chi connectivity index (χ3v) is 4.89. The van der Waals surface area contributed by atoms with E-state index < -0.39 is 18.0 Å². The monoisotopic (exact) mass is 300 g/mol. The van der Waals surface area contributed by atoms with E-state index in [0.29, 0.717) is 4.88 Å². The normalized spacial score (nSPS) is 17.7. The molecule has 1 aromatic heterocycles. The summed E-state index contributed by atoms with van der Waals surface area (Å²) in [5.74, 6) is 1.04. The van der Waals surface area contributed by atoms with Gasteiger partial charge in [-0.05, 0) is 35.8 Å². The van der Waals surface area contributed by atoms with Crippen molar-refractivity contribution in [1.29, 1.82) is 0 Å². The predicted octanol–water partition coefficient (Wildman–Crippen LogP) is 2.07. The van der Waals surface area contributed by atoms with Crippen molar-refractivity contribution in [3.63, 3.8) is 0 Å². The van der Waals surface area contributed by atoms with Gasteiger partial charge in [-0.15, -0.1) is 11.3 Å². The second-order valence-corrected chi connectivity index (χ2v) is 6.50. The lowest BCUT2D eigenvalue weighted by molar-refractivity contribution is -0.139. The highest BCUT2D eigenvalue weighted by Gasteiger charge is 2.24. The number of urea groups is 1. The van der Waals surface area contributed by atoms with E-state index in [2.05, 4.69) is 10.6 Å². The van der Waals surface area contributed by atoms with Gasteiger partial charge in [-0.25, -0.2) is 9.59 Å². The lowest BCUT2D eigenvalue weighted by Gasteiger charge is -2.23. The maximum Gasteiger partial charge on any atom is 0.331 e. The van der Waals surface area contributed by atoms with Crippen molar-refractivity contribution >= 4 is 35.1 Å². The minimum atomic E-state index is -1.04. The summed E-state index contributed by atoms with van der Waals surface area (Å²) in [7, 11) is 0. The fraction of sp³-hybridized carbons (Fsp3) is 0.500. The molecule has 104 valence electrons. The van der Waals surface area contributed by atoms with Crippen molar-refractivity contribution in [2.24, 2.45) is 0 Å². The van der Waals surface area contributed by atoms with Crippen LogP contribution in [0.4, 0.5) is 4.79 Å². The molecule has 1 unspecified atom stereocenters. The molecule has 0 aromatic carbocycles. The highest BCUT2D eigenvalue weighted by atomic mass is 32.2. The van der Waals surface area contributed by atoms with Crippen molar-refractivity contribution in [2.75, 3.05) is 11.5 Å². The third-order valence-electron chi connectivity index (χ3n) is 2.91. The average Bonchev–Trinajstić information content (AvgIpc) is 2.90. The van der Waals surface area contributed by atoms with Crippen LogP contribution in [-0.2, 0) is 4.79 Å². The first-order valence-corrected chi connectivity index (χ1v) is 8.11. The molecule has 1 atom stereocenters. The summed E-state index contributed by atoms with van der Waals surface area (Å²) < 4.78 is 0. The van der Waals surface area contributed by atoms with Gasteiger partial charge in [-0.2, -0.15) is 11.8 Å². The molecule has 5 nitrogen and oxygen atoms in total. The number of hydrogen-bond acceptors (Lipinski definition) is 4. The van der Waals surface area contributed by atoms with Crippen LogP contribution in [0.25, 0.3) is 0 Å². The van der Waals surface area contributed by atoms with Gasteiger partial charge in [0.15, 0.2) is 6.04 Å². The van der Waals surface area contributed by atoms with Crippen molar-refractivity contribution < 1.29 is 14.7 Å². The summed E-state index contributed by atoms with van der Waals surface area (Å²) in [5.41, 5.74) is 0. The highest BCUT2D eigenvalue weighted by molar-refractivity contribution is 7.99. The molecule has 7 heteroatoms. The number of rotatable bonds is 4. The maximum absolute atomic E-state index is 11.8. The number of carbonyl (C=O) groups excluding carboxylic acids is 1. The Kier molecular flexibility index (Phi) is 5.09. The summed E-state index contributed by atoms with van der Waals surface area (Å²) in [4.78, 5) is 23.6. The van der Waals surface area contributed by atoms with E-state index >= 15 is 0 Å². The van der Waals surface area contributed by atoms with Gasteiger partial charge < -0.3 is 15.7 Å². The van der Waals surface area contributed by atoms with E-state index in [1.54, 1.807) is 17.5 Å². The number of thiophene rings is 1. The summed E-state index contributed by atoms with van der Waals surface area (Å²) in [5, 5.41) is 16.3. The molecule has 1 fully saturated rings. The van der Waals surface area contributed by atoms with E-state index in [1.807, 2.05) is 11.8 Å². The van der Waals surface area contributed by atoms with Crippen LogP contribution in [0.5, 0.6) is 0 Å². The molecule has 1 saturated heterocycles. The lowest BCUT2D eigenvalue weighted by Crippen LogP contribution is -2.46. The Morgan fingerprint density at radius 3 is 2.68 bits per heavy atom. The molecule has 1 aliphatic heterocycles. The number of carboxylic acids is 1. The molecule has 3 N–H and O–H groups in total. The van der Waals surface area contributed by atoms with Crippen LogP contribution in [0.2, 0.25) is 0 Å². The van der Waals surface area contributed by atoms with Crippen LogP contribution in [0, 0.1) is 0 Å². The predicted molar refractivity (Wildman–Crippen MR) is 76.7 cm³/mol. The minimum absolute atomic E-state index is 0.152. The van der Waals surface area contributed by atoms with Crippen LogP contribution in [0.3, 0.4) is 0 Å². The fourth-order valence-corrected chi connectivity index (χ4v) is 3.78. The van der Waals surface area contributed by atoms with Crippen molar-refractivity contribution in [1.82, 2.24) is 10.6 Å². The molecule has 0 aliphatic carbocycles. The molecule has 0 radical (unpaired) electrons.